The number of cyclic esters (lactones) is 1. The van der Waals surface area contributed by atoms with Crippen molar-refractivity contribution in [3.63, 3.8) is 0 Å². The number of hydrogen-bond acceptors (Lipinski definition) is 9. The molecule has 0 fully saturated rings. The maximum absolute atomic E-state index is 14.2. The third-order valence-corrected chi connectivity index (χ3v) is 9.57. The summed E-state index contributed by atoms with van der Waals surface area (Å²) in [5.74, 6) is -2.34. The molecule has 13 heteroatoms. The molecular formula is C39H44N6O7. The molecule has 3 amide bonds. The highest BCUT2D eigenvalue weighted by atomic mass is 16.6. The molecule has 2 aliphatic rings. The fourth-order valence-corrected chi connectivity index (χ4v) is 6.89. The molecule has 6 rings (SSSR count). The number of nitrogens with zero attached hydrogens (tertiary/aromatic N) is 2. The molecule has 4 aromatic rings. The molecular weight excluding hydrogens is 664 g/mol. The Bertz CT molecular complexity index is 2060. The van der Waals surface area contributed by atoms with Gasteiger partial charge in [0.25, 0.3) is 5.56 Å². The summed E-state index contributed by atoms with van der Waals surface area (Å²) in [7, 11) is 0. The third kappa shape index (κ3) is 7.26. The Hall–Kier alpha value is -5.56. The van der Waals surface area contributed by atoms with Gasteiger partial charge < -0.3 is 35.7 Å². The zero-order valence-corrected chi connectivity index (χ0v) is 29.6. The summed E-state index contributed by atoms with van der Waals surface area (Å²) < 4.78 is 13.3. The molecule has 272 valence electrons. The normalized spacial score (nSPS) is 17.0. The second kappa shape index (κ2) is 15.4. The van der Waals surface area contributed by atoms with Crippen molar-refractivity contribution in [2.24, 2.45) is 11.7 Å². The fourth-order valence-electron chi connectivity index (χ4n) is 6.89. The van der Waals surface area contributed by atoms with E-state index >= 15 is 0 Å². The Morgan fingerprint density at radius 2 is 1.75 bits per heavy atom. The average molecular weight is 709 g/mol. The van der Waals surface area contributed by atoms with Crippen LogP contribution in [0.15, 0.2) is 71.5 Å². The summed E-state index contributed by atoms with van der Waals surface area (Å²) in [6, 6.07) is 17.4. The summed E-state index contributed by atoms with van der Waals surface area (Å²) >= 11 is 0. The standard InChI is InChI=1S/C39H44N6O7/c1-4-39(28-20-32-33-25(19-24-12-8-9-15-29(24)42-33)21-45(32)35(47)27(28)22-51-37(39)49)52-36(48)31(18-23(2)3)43-34(46)30(16-10-11-17-40)44-38(50)41-26-13-6-5-7-14-26/h5-9,12-15,19-20,23,30-31H,4,10-11,16-18,21-22,40H2,1-3H3,(H,43,46)(H2,41,44,50)/t30?,31?,39-/m0/s1. The lowest BCUT2D eigenvalue weighted by Gasteiger charge is -2.37. The summed E-state index contributed by atoms with van der Waals surface area (Å²) in [4.78, 5) is 73.3. The van der Waals surface area contributed by atoms with Crippen LogP contribution in [0.4, 0.5) is 10.5 Å². The first-order valence-corrected chi connectivity index (χ1v) is 17.7. The first kappa shape index (κ1) is 36.2. The number of aromatic nitrogens is 2. The molecule has 4 heterocycles. The van der Waals surface area contributed by atoms with E-state index in [-0.39, 0.29) is 48.5 Å². The van der Waals surface area contributed by atoms with Gasteiger partial charge in [0.2, 0.25) is 11.5 Å². The van der Waals surface area contributed by atoms with Crippen molar-refractivity contribution in [1.29, 1.82) is 0 Å². The van der Waals surface area contributed by atoms with E-state index in [0.717, 1.165) is 16.5 Å². The van der Waals surface area contributed by atoms with E-state index in [0.29, 0.717) is 43.0 Å². The predicted octanol–water partition coefficient (Wildman–Crippen LogP) is 4.48. The van der Waals surface area contributed by atoms with Crippen LogP contribution in [0.3, 0.4) is 0 Å². The molecule has 0 aliphatic carbocycles. The van der Waals surface area contributed by atoms with E-state index in [1.807, 2.05) is 50.2 Å². The molecule has 0 bridgehead atoms. The van der Waals surface area contributed by atoms with Crippen LogP contribution in [-0.2, 0) is 42.6 Å². The van der Waals surface area contributed by atoms with Gasteiger partial charge in [0, 0.05) is 22.2 Å². The SMILES string of the molecule is CC[C@@]1(OC(=O)C(CC(C)C)NC(=O)C(CCCCN)NC(=O)Nc2ccccc2)C(=O)OCc2c1cc1n(c2=O)Cc2cc3ccccc3nc2-1. The zero-order valence-electron chi connectivity index (χ0n) is 29.6. The lowest BCUT2D eigenvalue weighted by atomic mass is 9.85. The zero-order chi connectivity index (χ0) is 37.0. The van der Waals surface area contributed by atoms with Crippen LogP contribution in [0.1, 0.15) is 69.6 Å². The van der Waals surface area contributed by atoms with E-state index in [1.165, 1.54) is 0 Å². The van der Waals surface area contributed by atoms with Crippen molar-refractivity contribution in [2.45, 2.75) is 83.7 Å². The largest absolute Gasteiger partial charge is 0.457 e. The number of carbonyl (C=O) groups excluding carboxylic acids is 4. The van der Waals surface area contributed by atoms with E-state index in [4.69, 9.17) is 20.2 Å². The van der Waals surface area contributed by atoms with Gasteiger partial charge in [-0.2, -0.15) is 0 Å². The van der Waals surface area contributed by atoms with Gasteiger partial charge in [0.15, 0.2) is 0 Å². The second-order valence-corrected chi connectivity index (χ2v) is 13.7. The van der Waals surface area contributed by atoms with Crippen LogP contribution in [0.2, 0.25) is 0 Å². The minimum absolute atomic E-state index is 0.0310. The number of nitrogens with one attached hydrogen (secondary N) is 3. The minimum atomic E-state index is -1.95. The number of unbranched alkanes of at least 4 members (excludes halogenated alkanes) is 1. The van der Waals surface area contributed by atoms with Crippen molar-refractivity contribution in [2.75, 3.05) is 11.9 Å². The maximum Gasteiger partial charge on any atom is 0.355 e. The van der Waals surface area contributed by atoms with Gasteiger partial charge in [-0.25, -0.2) is 19.4 Å². The summed E-state index contributed by atoms with van der Waals surface area (Å²) in [5, 5.41) is 9.15. The molecule has 2 unspecified atom stereocenters. The summed E-state index contributed by atoms with van der Waals surface area (Å²) in [6.45, 7) is 5.88. The smallest absolute Gasteiger partial charge is 0.355 e. The van der Waals surface area contributed by atoms with Gasteiger partial charge >= 0.3 is 18.0 Å². The highest BCUT2D eigenvalue weighted by molar-refractivity contribution is 5.95. The number of amides is 3. The number of esters is 2. The van der Waals surface area contributed by atoms with Gasteiger partial charge in [-0.1, -0.05) is 57.2 Å². The van der Waals surface area contributed by atoms with Crippen molar-refractivity contribution >= 4 is 40.5 Å². The Kier molecular flexibility index (Phi) is 10.7. The lowest BCUT2D eigenvalue weighted by Crippen LogP contribution is -2.55. The molecule has 2 aromatic heterocycles. The van der Waals surface area contributed by atoms with E-state index in [1.54, 1.807) is 41.8 Å². The minimum Gasteiger partial charge on any atom is -0.457 e. The van der Waals surface area contributed by atoms with Gasteiger partial charge in [0.1, 0.15) is 18.7 Å². The summed E-state index contributed by atoms with van der Waals surface area (Å²) in [5.41, 5.74) is 7.13. The topological polar surface area (TPSA) is 184 Å². The Balaban J connectivity index is 1.29. The Morgan fingerprint density at radius 1 is 1.00 bits per heavy atom. The number of para-hydroxylation sites is 2. The number of ether oxygens (including phenoxy) is 2. The Morgan fingerprint density at radius 3 is 2.48 bits per heavy atom. The van der Waals surface area contributed by atoms with Crippen molar-refractivity contribution in [3.05, 3.63) is 93.8 Å². The highest BCUT2D eigenvalue weighted by Gasteiger charge is 2.51. The van der Waals surface area contributed by atoms with E-state index < -0.39 is 41.6 Å². The quantitative estimate of drug-likeness (QED) is 0.101. The molecule has 0 saturated heterocycles. The highest BCUT2D eigenvalue weighted by Crippen LogP contribution is 2.41. The van der Waals surface area contributed by atoms with Gasteiger partial charge in [-0.05, 0) is 74.9 Å². The van der Waals surface area contributed by atoms with Gasteiger partial charge in [-0.3, -0.25) is 9.59 Å². The van der Waals surface area contributed by atoms with Crippen LogP contribution in [0, 0.1) is 5.92 Å². The molecule has 0 saturated carbocycles. The van der Waals surface area contributed by atoms with E-state index in [9.17, 15) is 24.0 Å². The molecule has 0 radical (unpaired) electrons. The molecule has 0 spiro atoms. The predicted molar refractivity (Wildman–Crippen MR) is 195 cm³/mol. The van der Waals surface area contributed by atoms with Crippen LogP contribution < -0.4 is 27.2 Å². The number of benzene rings is 2. The lowest BCUT2D eigenvalue weighted by molar-refractivity contribution is -0.191. The molecule has 5 N–H and O–H groups in total. The maximum atomic E-state index is 14.2. The van der Waals surface area contributed by atoms with Crippen LogP contribution in [-0.4, -0.2) is 52.1 Å². The van der Waals surface area contributed by atoms with Gasteiger partial charge in [-0.15, -0.1) is 0 Å². The Labute approximate surface area is 301 Å². The van der Waals surface area contributed by atoms with Crippen LogP contribution in [0.25, 0.3) is 22.3 Å². The monoisotopic (exact) mass is 708 g/mol. The first-order valence-electron chi connectivity index (χ1n) is 17.7. The molecule has 3 atom stereocenters. The number of rotatable bonds is 13. The number of urea groups is 1. The third-order valence-electron chi connectivity index (χ3n) is 9.57. The van der Waals surface area contributed by atoms with Gasteiger partial charge in [0.05, 0.1) is 29.0 Å². The fraction of sp³-hybridized carbons (Fsp3) is 0.385. The van der Waals surface area contributed by atoms with Crippen molar-refractivity contribution < 1.29 is 28.7 Å². The molecule has 2 aromatic carbocycles. The number of anilines is 1. The number of pyridine rings is 2. The first-order chi connectivity index (χ1) is 25.0. The number of nitrogens with two attached hydrogens (primary N) is 1. The van der Waals surface area contributed by atoms with Crippen molar-refractivity contribution in [3.8, 4) is 11.4 Å². The van der Waals surface area contributed by atoms with E-state index in [2.05, 4.69) is 16.0 Å². The molecule has 52 heavy (non-hydrogen) atoms. The van der Waals surface area contributed by atoms with Crippen LogP contribution in [0.5, 0.6) is 0 Å². The molecule has 2 aliphatic heterocycles. The summed E-state index contributed by atoms with van der Waals surface area (Å²) in [6.07, 6.45) is 1.59. The number of carbonyl (C=O) groups is 4. The number of hydrogen-bond donors (Lipinski definition) is 4. The van der Waals surface area contributed by atoms with Crippen LogP contribution >= 0.6 is 0 Å². The van der Waals surface area contributed by atoms with Crippen molar-refractivity contribution in [1.82, 2.24) is 20.2 Å². The average Bonchev–Trinajstić information content (AvgIpc) is 3.49. The second-order valence-electron chi connectivity index (χ2n) is 13.7. The number of fused-ring (bicyclic) bond motifs is 5. The molecule has 13 nitrogen and oxygen atoms in total.